The third kappa shape index (κ3) is 3.38. The van der Waals surface area contributed by atoms with Crippen molar-refractivity contribution >= 4 is 18.4 Å². The van der Waals surface area contributed by atoms with Crippen LogP contribution in [0.2, 0.25) is 0 Å². The van der Waals surface area contributed by atoms with E-state index >= 15 is 0 Å². The predicted molar refractivity (Wildman–Crippen MR) is 112 cm³/mol. The molecule has 28 heavy (non-hydrogen) atoms. The Hall–Kier alpha value is -2.44. The summed E-state index contributed by atoms with van der Waals surface area (Å²) in [5.41, 5.74) is 2.72. The first-order valence-electron chi connectivity index (χ1n) is 9.67. The Labute approximate surface area is 171 Å². The smallest absolute Gasteiger partial charge is 0.250 e. The molecule has 2 saturated heterocycles. The van der Waals surface area contributed by atoms with E-state index in [1.54, 1.807) is 0 Å². The summed E-state index contributed by atoms with van der Waals surface area (Å²) >= 11 is 0. The van der Waals surface area contributed by atoms with Gasteiger partial charge in [-0.05, 0) is 46.9 Å². The average molecular weight is 397 g/mol. The van der Waals surface area contributed by atoms with Gasteiger partial charge in [0.05, 0.1) is 5.69 Å². The topological polar surface area (TPSA) is 58.9 Å². The summed E-state index contributed by atoms with van der Waals surface area (Å²) in [5.74, 6) is 1.50. The second kappa shape index (κ2) is 7.89. The molecule has 2 aromatic carbocycles. The molecule has 1 aromatic heterocycles. The van der Waals surface area contributed by atoms with Crippen LogP contribution in [0.5, 0.6) is 0 Å². The zero-order valence-corrected chi connectivity index (χ0v) is 16.6. The summed E-state index contributed by atoms with van der Waals surface area (Å²) in [5, 5.41) is 16.2. The van der Waals surface area contributed by atoms with Crippen molar-refractivity contribution in [2.24, 2.45) is 11.3 Å². The number of aromatic nitrogens is 4. The maximum absolute atomic E-state index is 4.36. The molecule has 2 aliphatic rings. The van der Waals surface area contributed by atoms with Crippen molar-refractivity contribution in [3.63, 3.8) is 0 Å². The Kier molecular flexibility index (Phi) is 5.33. The van der Waals surface area contributed by atoms with E-state index in [0.717, 1.165) is 44.2 Å². The number of fused-ring (bicyclic) bond motifs is 1. The number of anilines is 1. The fourth-order valence-electron chi connectivity index (χ4n) is 4.69. The normalized spacial score (nSPS) is 23.4. The molecule has 2 unspecified atom stereocenters. The minimum atomic E-state index is 0. The predicted octanol–water partition coefficient (Wildman–Crippen LogP) is 2.74. The lowest BCUT2D eigenvalue weighted by Gasteiger charge is -2.28. The highest BCUT2D eigenvalue weighted by atomic mass is 35.5. The van der Waals surface area contributed by atoms with Gasteiger partial charge in [0, 0.05) is 31.6 Å². The standard InChI is InChI=1S/C21H24N6.ClH/c1-3-7-17(8-4-1)11-12-21-15-22-13-18(21)14-26(16-21)20-23-24-25-27(20)19-9-5-2-6-10-19;/h1-10,18,22H,11-16H2;1H. The van der Waals surface area contributed by atoms with E-state index in [4.69, 9.17) is 0 Å². The zero-order chi connectivity index (χ0) is 18.1. The van der Waals surface area contributed by atoms with Gasteiger partial charge in [0.25, 0.3) is 0 Å². The molecule has 0 aliphatic carbocycles. The molecule has 5 rings (SSSR count). The van der Waals surface area contributed by atoms with E-state index in [-0.39, 0.29) is 12.4 Å². The molecule has 0 bridgehead atoms. The highest BCUT2D eigenvalue weighted by Crippen LogP contribution is 2.43. The third-order valence-corrected chi connectivity index (χ3v) is 6.17. The molecule has 6 nitrogen and oxygen atoms in total. The second-order valence-electron chi connectivity index (χ2n) is 7.78. The lowest BCUT2D eigenvalue weighted by Crippen LogP contribution is -2.34. The van der Waals surface area contributed by atoms with Crippen LogP contribution in [0.4, 0.5) is 5.95 Å². The van der Waals surface area contributed by atoms with Gasteiger partial charge in [-0.25, -0.2) is 0 Å². The Bertz CT molecular complexity index is 900. The fraction of sp³-hybridized carbons (Fsp3) is 0.381. The van der Waals surface area contributed by atoms with E-state index in [9.17, 15) is 0 Å². The largest absolute Gasteiger partial charge is 0.338 e. The minimum absolute atomic E-state index is 0. The van der Waals surface area contributed by atoms with E-state index in [1.807, 2.05) is 35.0 Å². The Morgan fingerprint density at radius 2 is 1.79 bits per heavy atom. The van der Waals surface area contributed by atoms with Crippen molar-refractivity contribution in [1.82, 2.24) is 25.5 Å². The molecule has 7 heteroatoms. The molecule has 2 aliphatic heterocycles. The molecule has 146 valence electrons. The van der Waals surface area contributed by atoms with Crippen LogP contribution in [0.25, 0.3) is 5.69 Å². The number of hydrogen-bond donors (Lipinski definition) is 1. The van der Waals surface area contributed by atoms with Gasteiger partial charge in [0.1, 0.15) is 0 Å². The van der Waals surface area contributed by atoms with Crippen LogP contribution in [-0.4, -0.2) is 46.4 Å². The maximum atomic E-state index is 4.36. The summed E-state index contributed by atoms with van der Waals surface area (Å²) in [6, 6.07) is 21.0. The molecular formula is C21H25ClN6. The monoisotopic (exact) mass is 396 g/mol. The number of para-hydroxylation sites is 1. The molecule has 0 saturated carbocycles. The van der Waals surface area contributed by atoms with Gasteiger partial charge in [-0.15, -0.1) is 12.4 Å². The van der Waals surface area contributed by atoms with E-state index in [0.29, 0.717) is 11.3 Å². The summed E-state index contributed by atoms with van der Waals surface area (Å²) < 4.78 is 1.86. The number of benzene rings is 2. The number of nitrogens with zero attached hydrogens (tertiary/aromatic N) is 5. The van der Waals surface area contributed by atoms with Crippen LogP contribution in [0, 0.1) is 11.3 Å². The number of halogens is 1. The van der Waals surface area contributed by atoms with Crippen molar-refractivity contribution in [2.45, 2.75) is 12.8 Å². The summed E-state index contributed by atoms with van der Waals surface area (Å²) in [6.45, 7) is 4.17. The first-order valence-corrected chi connectivity index (χ1v) is 9.67. The SMILES string of the molecule is Cl.c1ccc(CCC23CNCC2CN(c2nnnn2-c2ccccc2)C3)cc1. The molecule has 0 amide bonds. The number of aryl methyl sites for hydroxylation is 1. The molecular weight excluding hydrogens is 372 g/mol. The maximum Gasteiger partial charge on any atom is 0.250 e. The van der Waals surface area contributed by atoms with Gasteiger partial charge >= 0.3 is 0 Å². The van der Waals surface area contributed by atoms with Crippen molar-refractivity contribution < 1.29 is 0 Å². The number of hydrogen-bond acceptors (Lipinski definition) is 5. The van der Waals surface area contributed by atoms with Gasteiger partial charge in [-0.1, -0.05) is 53.6 Å². The van der Waals surface area contributed by atoms with E-state index < -0.39 is 0 Å². The lowest BCUT2D eigenvalue weighted by atomic mass is 9.76. The molecule has 0 radical (unpaired) electrons. The van der Waals surface area contributed by atoms with Gasteiger partial charge < -0.3 is 10.2 Å². The van der Waals surface area contributed by atoms with Crippen molar-refractivity contribution in [3.05, 3.63) is 66.2 Å². The average Bonchev–Trinajstić information content (AvgIpc) is 3.42. The van der Waals surface area contributed by atoms with Crippen LogP contribution in [0.15, 0.2) is 60.7 Å². The lowest BCUT2D eigenvalue weighted by molar-refractivity contribution is 0.275. The Balaban J connectivity index is 0.00000192. The van der Waals surface area contributed by atoms with E-state index in [1.165, 1.54) is 12.0 Å². The Morgan fingerprint density at radius 1 is 1.04 bits per heavy atom. The van der Waals surface area contributed by atoms with Gasteiger partial charge in [-0.2, -0.15) is 4.68 Å². The van der Waals surface area contributed by atoms with Crippen molar-refractivity contribution in [1.29, 1.82) is 0 Å². The van der Waals surface area contributed by atoms with Gasteiger partial charge in [-0.3, -0.25) is 0 Å². The summed E-state index contributed by atoms with van der Waals surface area (Å²) in [4.78, 5) is 2.38. The molecule has 2 atom stereocenters. The molecule has 3 heterocycles. The first-order chi connectivity index (χ1) is 13.3. The quantitative estimate of drug-likeness (QED) is 0.718. The Morgan fingerprint density at radius 3 is 2.57 bits per heavy atom. The van der Waals surface area contributed by atoms with Gasteiger partial charge in [0.2, 0.25) is 5.95 Å². The summed E-state index contributed by atoms with van der Waals surface area (Å²) in [6.07, 6.45) is 2.31. The fourth-order valence-corrected chi connectivity index (χ4v) is 4.69. The van der Waals surface area contributed by atoms with Crippen LogP contribution in [-0.2, 0) is 6.42 Å². The van der Waals surface area contributed by atoms with Crippen LogP contribution >= 0.6 is 12.4 Å². The minimum Gasteiger partial charge on any atom is -0.338 e. The van der Waals surface area contributed by atoms with E-state index in [2.05, 4.69) is 56.1 Å². The zero-order valence-electron chi connectivity index (χ0n) is 15.7. The van der Waals surface area contributed by atoms with Crippen molar-refractivity contribution in [2.75, 3.05) is 31.1 Å². The van der Waals surface area contributed by atoms with Gasteiger partial charge in [0.15, 0.2) is 0 Å². The highest BCUT2D eigenvalue weighted by molar-refractivity contribution is 5.85. The molecule has 0 spiro atoms. The van der Waals surface area contributed by atoms with Crippen LogP contribution in [0.3, 0.4) is 0 Å². The molecule has 2 fully saturated rings. The first kappa shape index (κ1) is 18.9. The third-order valence-electron chi connectivity index (χ3n) is 6.17. The van der Waals surface area contributed by atoms with Crippen LogP contribution < -0.4 is 10.2 Å². The highest BCUT2D eigenvalue weighted by Gasteiger charge is 2.50. The number of tetrazole rings is 1. The van der Waals surface area contributed by atoms with Crippen LogP contribution in [0.1, 0.15) is 12.0 Å². The number of nitrogens with one attached hydrogen (secondary N) is 1. The summed E-state index contributed by atoms with van der Waals surface area (Å²) in [7, 11) is 0. The molecule has 3 aromatic rings. The second-order valence-corrected chi connectivity index (χ2v) is 7.78. The number of rotatable bonds is 5. The van der Waals surface area contributed by atoms with Crippen molar-refractivity contribution in [3.8, 4) is 5.69 Å². The molecule has 1 N–H and O–H groups in total.